The summed E-state index contributed by atoms with van der Waals surface area (Å²) < 4.78 is 0. The van der Waals surface area contributed by atoms with Gasteiger partial charge in [-0.1, -0.05) is 6.92 Å². The molecule has 2 N–H and O–H groups in total. The van der Waals surface area contributed by atoms with Gasteiger partial charge in [0.1, 0.15) is 0 Å². The fraction of sp³-hybridized carbons (Fsp3) is 0.778. The lowest BCUT2D eigenvalue weighted by Gasteiger charge is -2.26. The van der Waals surface area contributed by atoms with Crippen molar-refractivity contribution in [2.24, 2.45) is 5.92 Å². The van der Waals surface area contributed by atoms with Gasteiger partial charge in [0.15, 0.2) is 0 Å². The minimum absolute atomic E-state index is 0.0693. The number of hydrogen-bond donors (Lipinski definition) is 2. The Bertz CT molecular complexity index is 207. The highest BCUT2D eigenvalue weighted by Gasteiger charge is 2.21. The van der Waals surface area contributed by atoms with Gasteiger partial charge in [-0.25, -0.2) is 4.79 Å². The molecule has 0 aromatic carbocycles. The molecule has 0 atom stereocenters. The number of rotatable bonds is 1. The second-order valence-corrected chi connectivity index (χ2v) is 3.74. The van der Waals surface area contributed by atoms with E-state index in [2.05, 4.69) is 12.2 Å². The number of carbonyl (C=O) groups is 2. The molecule has 1 fully saturated rings. The molecule has 1 aliphatic carbocycles. The summed E-state index contributed by atoms with van der Waals surface area (Å²) in [5, 5.41) is 10.9. The maximum Gasteiger partial charge on any atom is 0.394 e. The fourth-order valence-electron chi connectivity index (χ4n) is 1.65. The zero-order valence-corrected chi connectivity index (χ0v) is 7.75. The normalized spacial score (nSPS) is 28.1. The summed E-state index contributed by atoms with van der Waals surface area (Å²) in [6, 6.07) is 0.0693. The lowest BCUT2D eigenvalue weighted by Crippen LogP contribution is -2.40. The third-order valence-electron chi connectivity index (χ3n) is 2.55. The SMILES string of the molecule is CC1CCC(NC(=O)C(=O)O)CC1. The molecule has 0 aromatic heterocycles. The van der Waals surface area contributed by atoms with Gasteiger partial charge in [-0.2, -0.15) is 0 Å². The predicted octanol–water partition coefficient (Wildman–Crippen LogP) is 0.766. The Kier molecular flexibility index (Phi) is 3.28. The third-order valence-corrected chi connectivity index (χ3v) is 2.55. The second kappa shape index (κ2) is 4.25. The van der Waals surface area contributed by atoms with Crippen molar-refractivity contribution in [3.05, 3.63) is 0 Å². The predicted molar refractivity (Wildman–Crippen MR) is 47.2 cm³/mol. The van der Waals surface area contributed by atoms with Crippen LogP contribution in [-0.2, 0) is 9.59 Å². The van der Waals surface area contributed by atoms with Crippen molar-refractivity contribution in [2.45, 2.75) is 38.6 Å². The van der Waals surface area contributed by atoms with E-state index in [0.29, 0.717) is 5.92 Å². The van der Waals surface area contributed by atoms with Crippen LogP contribution in [-0.4, -0.2) is 23.0 Å². The molecule has 1 amide bonds. The summed E-state index contributed by atoms with van der Waals surface area (Å²) in [6.07, 6.45) is 3.95. The first kappa shape index (κ1) is 10.0. The van der Waals surface area contributed by atoms with Crippen molar-refractivity contribution < 1.29 is 14.7 Å². The first-order valence-electron chi connectivity index (χ1n) is 4.63. The monoisotopic (exact) mass is 185 g/mol. The summed E-state index contributed by atoms with van der Waals surface area (Å²) in [7, 11) is 0. The highest BCUT2D eigenvalue weighted by molar-refractivity contribution is 6.31. The van der Waals surface area contributed by atoms with E-state index in [1.807, 2.05) is 0 Å². The summed E-state index contributed by atoms with van der Waals surface area (Å²) >= 11 is 0. The molecule has 13 heavy (non-hydrogen) atoms. The maximum absolute atomic E-state index is 10.8. The zero-order chi connectivity index (χ0) is 9.84. The Morgan fingerprint density at radius 1 is 1.23 bits per heavy atom. The lowest BCUT2D eigenvalue weighted by atomic mass is 9.87. The van der Waals surface area contributed by atoms with Gasteiger partial charge in [0.25, 0.3) is 0 Å². The lowest BCUT2D eigenvalue weighted by molar-refractivity contribution is -0.150. The molecule has 0 bridgehead atoms. The topological polar surface area (TPSA) is 66.4 Å². The van der Waals surface area contributed by atoms with Gasteiger partial charge in [0.2, 0.25) is 0 Å². The second-order valence-electron chi connectivity index (χ2n) is 3.74. The molecule has 0 spiro atoms. The zero-order valence-electron chi connectivity index (χ0n) is 7.75. The standard InChI is InChI=1S/C9H15NO3/c1-6-2-4-7(5-3-6)10-8(11)9(12)13/h6-7H,2-5H2,1H3,(H,10,11)(H,12,13). The minimum Gasteiger partial charge on any atom is -0.474 e. The van der Waals surface area contributed by atoms with Crippen LogP contribution in [0, 0.1) is 5.92 Å². The van der Waals surface area contributed by atoms with Crippen LogP contribution >= 0.6 is 0 Å². The van der Waals surface area contributed by atoms with Gasteiger partial charge in [-0.05, 0) is 31.6 Å². The first-order chi connectivity index (χ1) is 6.09. The Morgan fingerprint density at radius 3 is 2.23 bits per heavy atom. The molecule has 0 radical (unpaired) electrons. The third kappa shape index (κ3) is 3.05. The molecule has 0 aliphatic heterocycles. The van der Waals surface area contributed by atoms with Gasteiger partial charge in [-0.15, -0.1) is 0 Å². The highest BCUT2D eigenvalue weighted by Crippen LogP contribution is 2.23. The fourth-order valence-corrected chi connectivity index (χ4v) is 1.65. The Balaban J connectivity index is 2.30. The molecule has 1 rings (SSSR count). The molecule has 1 saturated carbocycles. The van der Waals surface area contributed by atoms with Gasteiger partial charge in [0, 0.05) is 6.04 Å². The van der Waals surface area contributed by atoms with E-state index in [-0.39, 0.29) is 6.04 Å². The summed E-state index contributed by atoms with van der Waals surface area (Å²) in [5.41, 5.74) is 0. The van der Waals surface area contributed by atoms with E-state index >= 15 is 0 Å². The first-order valence-corrected chi connectivity index (χ1v) is 4.63. The average molecular weight is 185 g/mol. The Morgan fingerprint density at radius 2 is 1.77 bits per heavy atom. The summed E-state index contributed by atoms with van der Waals surface area (Å²) in [6.45, 7) is 2.18. The van der Waals surface area contributed by atoms with Crippen molar-refractivity contribution in [1.29, 1.82) is 0 Å². The number of hydrogen-bond acceptors (Lipinski definition) is 2. The largest absolute Gasteiger partial charge is 0.474 e. The molecule has 0 heterocycles. The Labute approximate surface area is 77.3 Å². The molecular formula is C9H15NO3. The average Bonchev–Trinajstić information content (AvgIpc) is 2.08. The minimum atomic E-state index is -1.39. The van der Waals surface area contributed by atoms with Crippen molar-refractivity contribution in [1.82, 2.24) is 5.32 Å². The summed E-state index contributed by atoms with van der Waals surface area (Å²) in [4.78, 5) is 21.0. The Hall–Kier alpha value is -1.06. The molecule has 0 saturated heterocycles. The summed E-state index contributed by atoms with van der Waals surface area (Å²) in [5.74, 6) is -1.56. The van der Waals surface area contributed by atoms with Crippen molar-refractivity contribution in [3.8, 4) is 0 Å². The molecule has 0 unspecified atom stereocenters. The van der Waals surface area contributed by atoms with Crippen LogP contribution in [0.15, 0.2) is 0 Å². The van der Waals surface area contributed by atoms with E-state index in [9.17, 15) is 9.59 Å². The number of aliphatic carboxylic acids is 1. The van der Waals surface area contributed by atoms with Crippen LogP contribution in [0.4, 0.5) is 0 Å². The number of carbonyl (C=O) groups excluding carboxylic acids is 1. The van der Waals surface area contributed by atoms with Crippen LogP contribution in [0.2, 0.25) is 0 Å². The maximum atomic E-state index is 10.8. The van der Waals surface area contributed by atoms with Crippen LogP contribution in [0.1, 0.15) is 32.6 Å². The van der Waals surface area contributed by atoms with E-state index in [0.717, 1.165) is 25.7 Å². The number of carboxylic acid groups (broad SMARTS) is 1. The molecule has 1 aliphatic rings. The van der Waals surface area contributed by atoms with Crippen molar-refractivity contribution >= 4 is 11.9 Å². The highest BCUT2D eigenvalue weighted by atomic mass is 16.4. The van der Waals surface area contributed by atoms with Gasteiger partial charge < -0.3 is 10.4 Å². The number of carboxylic acids is 1. The van der Waals surface area contributed by atoms with E-state index < -0.39 is 11.9 Å². The van der Waals surface area contributed by atoms with Crippen molar-refractivity contribution in [2.75, 3.05) is 0 Å². The van der Waals surface area contributed by atoms with Gasteiger partial charge in [-0.3, -0.25) is 4.79 Å². The van der Waals surface area contributed by atoms with Gasteiger partial charge >= 0.3 is 11.9 Å². The molecule has 74 valence electrons. The molecule has 4 heteroatoms. The quantitative estimate of drug-likeness (QED) is 0.593. The van der Waals surface area contributed by atoms with Crippen LogP contribution in [0.25, 0.3) is 0 Å². The molecule has 0 aromatic rings. The smallest absolute Gasteiger partial charge is 0.394 e. The van der Waals surface area contributed by atoms with E-state index in [1.54, 1.807) is 0 Å². The van der Waals surface area contributed by atoms with Crippen LogP contribution in [0.5, 0.6) is 0 Å². The van der Waals surface area contributed by atoms with Crippen LogP contribution in [0.3, 0.4) is 0 Å². The number of amides is 1. The number of nitrogens with one attached hydrogen (secondary N) is 1. The van der Waals surface area contributed by atoms with E-state index in [4.69, 9.17) is 5.11 Å². The molecular weight excluding hydrogens is 170 g/mol. The molecule has 4 nitrogen and oxygen atoms in total. The van der Waals surface area contributed by atoms with Crippen LogP contribution < -0.4 is 5.32 Å². The van der Waals surface area contributed by atoms with E-state index in [1.165, 1.54) is 0 Å². The van der Waals surface area contributed by atoms with Crippen molar-refractivity contribution in [3.63, 3.8) is 0 Å². The van der Waals surface area contributed by atoms with Gasteiger partial charge in [0.05, 0.1) is 0 Å².